The summed E-state index contributed by atoms with van der Waals surface area (Å²) in [6, 6.07) is 3.61. The molecule has 0 saturated heterocycles. The summed E-state index contributed by atoms with van der Waals surface area (Å²) in [7, 11) is 5.29. The van der Waals surface area contributed by atoms with Gasteiger partial charge in [0.2, 0.25) is 5.91 Å². The van der Waals surface area contributed by atoms with Crippen LogP contribution in [-0.2, 0) is 4.79 Å². The van der Waals surface area contributed by atoms with Crippen LogP contribution >= 0.6 is 0 Å². The van der Waals surface area contributed by atoms with E-state index in [1.807, 2.05) is 18.0 Å². The molecule has 94 valence electrons. The van der Waals surface area contributed by atoms with Crippen LogP contribution in [0.15, 0.2) is 18.3 Å². The highest BCUT2D eigenvalue weighted by atomic mass is 16.3. The predicted molar refractivity (Wildman–Crippen MR) is 66.8 cm³/mol. The van der Waals surface area contributed by atoms with Crippen LogP contribution in [0.1, 0.15) is 18.7 Å². The van der Waals surface area contributed by atoms with Gasteiger partial charge in [0.05, 0.1) is 30.2 Å². The minimum atomic E-state index is -0.572. The van der Waals surface area contributed by atoms with Crippen molar-refractivity contribution in [1.82, 2.24) is 9.88 Å². The summed E-state index contributed by atoms with van der Waals surface area (Å²) in [6.45, 7) is 1.98. The number of rotatable bonds is 4. The maximum atomic E-state index is 11.5. The molecule has 1 unspecified atom stereocenters. The number of aliphatic hydroxyl groups is 1. The lowest BCUT2D eigenvalue weighted by atomic mass is 10.2. The average molecular weight is 237 g/mol. The van der Waals surface area contributed by atoms with Gasteiger partial charge in [-0.1, -0.05) is 0 Å². The summed E-state index contributed by atoms with van der Waals surface area (Å²) in [5, 5.41) is 9.33. The molecule has 17 heavy (non-hydrogen) atoms. The van der Waals surface area contributed by atoms with E-state index in [9.17, 15) is 9.90 Å². The summed E-state index contributed by atoms with van der Waals surface area (Å²) in [5.41, 5.74) is 1.48. The van der Waals surface area contributed by atoms with Gasteiger partial charge in [-0.05, 0) is 19.1 Å². The molecule has 0 aliphatic heterocycles. The number of hydrogen-bond donors (Lipinski definition) is 1. The number of aliphatic hydroxyl groups excluding tert-OH is 1. The Morgan fingerprint density at radius 2 is 2.06 bits per heavy atom. The Balaban J connectivity index is 2.70. The fourth-order valence-corrected chi connectivity index (χ4v) is 1.31. The third-order valence-corrected chi connectivity index (χ3v) is 2.51. The highest BCUT2D eigenvalue weighted by Crippen LogP contribution is 2.14. The number of anilines is 1. The minimum absolute atomic E-state index is 0.0344. The molecule has 1 rings (SSSR count). The lowest BCUT2D eigenvalue weighted by Crippen LogP contribution is -2.34. The number of hydrogen-bond acceptors (Lipinski definition) is 4. The van der Waals surface area contributed by atoms with Gasteiger partial charge in [0.15, 0.2) is 0 Å². The average Bonchev–Trinajstić information content (AvgIpc) is 2.28. The van der Waals surface area contributed by atoms with E-state index in [0.29, 0.717) is 12.2 Å². The maximum Gasteiger partial charge on any atom is 0.241 e. The zero-order valence-electron chi connectivity index (χ0n) is 10.7. The lowest BCUT2D eigenvalue weighted by Gasteiger charge is -2.20. The second kappa shape index (κ2) is 5.63. The van der Waals surface area contributed by atoms with E-state index in [1.54, 1.807) is 38.2 Å². The number of nitrogens with zero attached hydrogens (tertiary/aromatic N) is 3. The first-order valence-electron chi connectivity index (χ1n) is 5.47. The van der Waals surface area contributed by atoms with Crippen LogP contribution < -0.4 is 4.90 Å². The number of carbonyl (C=O) groups excluding carboxylic acids is 1. The quantitative estimate of drug-likeness (QED) is 0.835. The Bertz CT molecular complexity index is 374. The van der Waals surface area contributed by atoms with E-state index in [1.165, 1.54) is 0 Å². The Kier molecular flexibility index (Phi) is 4.45. The van der Waals surface area contributed by atoms with Gasteiger partial charge in [0.1, 0.15) is 0 Å². The van der Waals surface area contributed by atoms with Crippen LogP contribution in [0, 0.1) is 0 Å². The second-order valence-electron chi connectivity index (χ2n) is 4.26. The zero-order chi connectivity index (χ0) is 13.0. The third-order valence-electron chi connectivity index (χ3n) is 2.51. The molecule has 5 nitrogen and oxygen atoms in total. The standard InChI is InChI=1S/C12H19N3O2/c1-9(16)11-6-5-10(7-13-11)15(4)8-12(17)14(2)3/h5-7,9,16H,8H2,1-4H3. The molecular formula is C12H19N3O2. The normalized spacial score (nSPS) is 12.1. The van der Waals surface area contributed by atoms with Crippen molar-refractivity contribution >= 4 is 11.6 Å². The molecule has 0 radical (unpaired) electrons. The lowest BCUT2D eigenvalue weighted by molar-refractivity contribution is -0.127. The number of carbonyl (C=O) groups is 1. The monoisotopic (exact) mass is 237 g/mol. The largest absolute Gasteiger partial charge is 0.387 e. The Labute approximate surface area is 102 Å². The molecule has 0 bridgehead atoms. The molecule has 0 aliphatic carbocycles. The van der Waals surface area contributed by atoms with Crippen molar-refractivity contribution < 1.29 is 9.90 Å². The van der Waals surface area contributed by atoms with E-state index in [4.69, 9.17) is 0 Å². The molecule has 0 fully saturated rings. The van der Waals surface area contributed by atoms with E-state index >= 15 is 0 Å². The predicted octanol–water partition coefficient (Wildman–Crippen LogP) is 0.659. The molecule has 0 aliphatic rings. The molecular weight excluding hydrogens is 218 g/mol. The summed E-state index contributed by atoms with van der Waals surface area (Å²) >= 11 is 0. The van der Waals surface area contributed by atoms with E-state index in [2.05, 4.69) is 4.98 Å². The summed E-state index contributed by atoms with van der Waals surface area (Å²) in [5.74, 6) is 0.0344. The fraction of sp³-hybridized carbons (Fsp3) is 0.500. The molecule has 1 heterocycles. The number of pyridine rings is 1. The number of amides is 1. The van der Waals surface area contributed by atoms with Gasteiger partial charge in [-0.25, -0.2) is 0 Å². The van der Waals surface area contributed by atoms with Crippen molar-refractivity contribution in [3.63, 3.8) is 0 Å². The van der Waals surface area contributed by atoms with E-state index in [0.717, 1.165) is 5.69 Å². The first-order chi connectivity index (χ1) is 7.91. The van der Waals surface area contributed by atoms with Crippen molar-refractivity contribution in [3.05, 3.63) is 24.0 Å². The van der Waals surface area contributed by atoms with Crippen molar-refractivity contribution in [2.45, 2.75) is 13.0 Å². The van der Waals surface area contributed by atoms with Gasteiger partial charge in [0, 0.05) is 21.1 Å². The highest BCUT2D eigenvalue weighted by Gasteiger charge is 2.10. The molecule has 1 aromatic rings. The first-order valence-corrected chi connectivity index (χ1v) is 5.47. The molecule has 0 aromatic carbocycles. The molecule has 1 N–H and O–H groups in total. The second-order valence-corrected chi connectivity index (χ2v) is 4.26. The SMILES string of the molecule is CC(O)c1ccc(N(C)CC(=O)N(C)C)cn1. The Hall–Kier alpha value is -1.62. The first kappa shape index (κ1) is 13.4. The van der Waals surface area contributed by atoms with E-state index in [-0.39, 0.29) is 5.91 Å². The number of likely N-dealkylation sites (N-methyl/N-ethyl adjacent to an activating group) is 2. The van der Waals surface area contributed by atoms with Crippen LogP contribution in [0.5, 0.6) is 0 Å². The molecule has 1 atom stereocenters. The number of aromatic nitrogens is 1. The summed E-state index contributed by atoms with van der Waals surface area (Å²) in [6.07, 6.45) is 1.09. The highest BCUT2D eigenvalue weighted by molar-refractivity contribution is 5.80. The molecule has 1 amide bonds. The third kappa shape index (κ3) is 3.71. The van der Waals surface area contributed by atoms with Crippen molar-refractivity contribution in [2.75, 3.05) is 32.6 Å². The van der Waals surface area contributed by atoms with Gasteiger partial charge in [-0.3, -0.25) is 9.78 Å². The van der Waals surface area contributed by atoms with Gasteiger partial charge in [-0.2, -0.15) is 0 Å². The molecule has 5 heteroatoms. The van der Waals surface area contributed by atoms with Crippen LogP contribution in [-0.4, -0.2) is 48.6 Å². The van der Waals surface area contributed by atoms with E-state index < -0.39 is 6.10 Å². The van der Waals surface area contributed by atoms with Crippen LogP contribution in [0.2, 0.25) is 0 Å². The summed E-state index contributed by atoms with van der Waals surface area (Å²) in [4.78, 5) is 19.0. The van der Waals surface area contributed by atoms with Gasteiger partial charge >= 0.3 is 0 Å². The van der Waals surface area contributed by atoms with Crippen LogP contribution in [0.3, 0.4) is 0 Å². The minimum Gasteiger partial charge on any atom is -0.387 e. The molecule has 1 aromatic heterocycles. The van der Waals surface area contributed by atoms with Gasteiger partial charge in [-0.15, -0.1) is 0 Å². The van der Waals surface area contributed by atoms with Crippen LogP contribution in [0.25, 0.3) is 0 Å². The van der Waals surface area contributed by atoms with Gasteiger partial charge < -0.3 is 14.9 Å². The molecule has 0 saturated carbocycles. The topological polar surface area (TPSA) is 56.7 Å². The van der Waals surface area contributed by atoms with Crippen molar-refractivity contribution in [3.8, 4) is 0 Å². The van der Waals surface area contributed by atoms with Crippen molar-refractivity contribution in [1.29, 1.82) is 0 Å². The zero-order valence-corrected chi connectivity index (χ0v) is 10.7. The fourth-order valence-electron chi connectivity index (χ4n) is 1.31. The smallest absolute Gasteiger partial charge is 0.241 e. The summed E-state index contributed by atoms with van der Waals surface area (Å²) < 4.78 is 0. The maximum absolute atomic E-state index is 11.5. The van der Waals surface area contributed by atoms with Crippen LogP contribution in [0.4, 0.5) is 5.69 Å². The van der Waals surface area contributed by atoms with Crippen molar-refractivity contribution in [2.24, 2.45) is 0 Å². The Morgan fingerprint density at radius 3 is 2.47 bits per heavy atom. The molecule has 0 spiro atoms. The Morgan fingerprint density at radius 1 is 1.41 bits per heavy atom. The van der Waals surface area contributed by atoms with Gasteiger partial charge in [0.25, 0.3) is 0 Å².